The van der Waals surface area contributed by atoms with Crippen LogP contribution in [-0.2, 0) is 4.74 Å². The van der Waals surface area contributed by atoms with Gasteiger partial charge in [-0.05, 0) is 43.3 Å². The van der Waals surface area contributed by atoms with Gasteiger partial charge >= 0.3 is 5.97 Å². The number of aryl methyl sites for hydroxylation is 1. The van der Waals surface area contributed by atoms with E-state index in [2.05, 4.69) is 10.3 Å². The largest absolute Gasteiger partial charge is 0.497 e. The molecule has 2 aromatic carbocycles. The minimum Gasteiger partial charge on any atom is -0.497 e. The van der Waals surface area contributed by atoms with Crippen LogP contribution in [0.1, 0.15) is 25.7 Å². The van der Waals surface area contributed by atoms with Crippen molar-refractivity contribution < 1.29 is 28.5 Å². The summed E-state index contributed by atoms with van der Waals surface area (Å²) in [6.07, 6.45) is 0. The van der Waals surface area contributed by atoms with Gasteiger partial charge in [0.25, 0.3) is 5.91 Å². The van der Waals surface area contributed by atoms with Crippen LogP contribution in [0.4, 0.5) is 5.69 Å². The van der Waals surface area contributed by atoms with Gasteiger partial charge in [-0.2, -0.15) is 0 Å². The van der Waals surface area contributed by atoms with E-state index in [1.165, 1.54) is 31.6 Å². The molecule has 9 heteroatoms. The number of amides is 1. The molecule has 1 heterocycles. The molecule has 0 saturated carbocycles. The van der Waals surface area contributed by atoms with Crippen LogP contribution < -0.4 is 19.5 Å². The van der Waals surface area contributed by atoms with E-state index in [0.717, 1.165) is 5.56 Å². The second-order valence-electron chi connectivity index (χ2n) is 6.36. The van der Waals surface area contributed by atoms with Crippen LogP contribution in [0.3, 0.4) is 0 Å². The van der Waals surface area contributed by atoms with Crippen molar-refractivity contribution in [1.29, 1.82) is 0 Å². The van der Waals surface area contributed by atoms with Crippen LogP contribution >= 0.6 is 11.3 Å². The first kappa shape index (κ1) is 22.1. The highest BCUT2D eigenvalue weighted by atomic mass is 32.1. The summed E-state index contributed by atoms with van der Waals surface area (Å²) >= 11 is 1.24. The van der Waals surface area contributed by atoms with Gasteiger partial charge in [0.05, 0.1) is 45.4 Å². The number of rotatable bonds is 7. The van der Waals surface area contributed by atoms with Crippen molar-refractivity contribution in [3.05, 3.63) is 52.5 Å². The molecule has 0 atom stereocenters. The summed E-state index contributed by atoms with van der Waals surface area (Å²) in [5, 5.41) is 3.43. The van der Waals surface area contributed by atoms with Crippen molar-refractivity contribution in [3.63, 3.8) is 0 Å². The third-order valence-corrected chi connectivity index (χ3v) is 5.72. The van der Waals surface area contributed by atoms with Crippen LogP contribution in [0.5, 0.6) is 17.2 Å². The number of anilines is 1. The van der Waals surface area contributed by atoms with Gasteiger partial charge in [0.15, 0.2) is 11.5 Å². The Labute approximate surface area is 183 Å². The monoisotopic (exact) mass is 442 g/mol. The Balaban J connectivity index is 1.91. The number of ether oxygens (including phenoxy) is 4. The van der Waals surface area contributed by atoms with Gasteiger partial charge in [-0.25, -0.2) is 9.78 Å². The minimum atomic E-state index is -0.582. The van der Waals surface area contributed by atoms with Crippen molar-refractivity contribution in [2.75, 3.05) is 33.8 Å². The number of aromatic nitrogens is 1. The zero-order valence-corrected chi connectivity index (χ0v) is 18.6. The lowest BCUT2D eigenvalue weighted by molar-refractivity contribution is 0.0601. The maximum atomic E-state index is 13.0. The summed E-state index contributed by atoms with van der Waals surface area (Å²) in [7, 11) is 5.89. The van der Waals surface area contributed by atoms with E-state index >= 15 is 0 Å². The van der Waals surface area contributed by atoms with E-state index < -0.39 is 5.97 Å². The lowest BCUT2D eigenvalue weighted by Crippen LogP contribution is -2.15. The van der Waals surface area contributed by atoms with Gasteiger partial charge < -0.3 is 24.3 Å². The fraction of sp³-hybridized carbons (Fsp3) is 0.227. The lowest BCUT2D eigenvalue weighted by atomic mass is 10.1. The van der Waals surface area contributed by atoms with E-state index in [-0.39, 0.29) is 11.5 Å². The normalized spacial score (nSPS) is 10.4. The number of nitrogens with one attached hydrogen (secondary N) is 1. The Bertz CT molecular complexity index is 1130. The van der Waals surface area contributed by atoms with Crippen LogP contribution in [0, 0.1) is 6.92 Å². The summed E-state index contributed by atoms with van der Waals surface area (Å²) < 4.78 is 20.6. The van der Waals surface area contributed by atoms with E-state index in [1.807, 2.05) is 6.07 Å². The van der Waals surface area contributed by atoms with Crippen molar-refractivity contribution in [1.82, 2.24) is 4.98 Å². The molecule has 0 aliphatic carbocycles. The predicted molar refractivity (Wildman–Crippen MR) is 118 cm³/mol. The fourth-order valence-electron chi connectivity index (χ4n) is 2.92. The predicted octanol–water partition coefficient (Wildman–Crippen LogP) is 4.18. The quantitative estimate of drug-likeness (QED) is 0.548. The summed E-state index contributed by atoms with van der Waals surface area (Å²) in [6.45, 7) is 1.75. The molecular formula is C22H22N2O6S. The van der Waals surface area contributed by atoms with Gasteiger partial charge in [0, 0.05) is 5.56 Å². The highest BCUT2D eigenvalue weighted by Gasteiger charge is 2.20. The molecule has 31 heavy (non-hydrogen) atoms. The molecule has 3 aromatic rings. The summed E-state index contributed by atoms with van der Waals surface area (Å²) in [6, 6.07) is 10.2. The average Bonchev–Trinajstić information content (AvgIpc) is 3.19. The Hall–Kier alpha value is -3.59. The second kappa shape index (κ2) is 9.48. The highest BCUT2D eigenvalue weighted by molar-refractivity contribution is 7.17. The summed E-state index contributed by atoms with van der Waals surface area (Å²) in [4.78, 5) is 30.0. The van der Waals surface area contributed by atoms with Gasteiger partial charge in [0.2, 0.25) is 0 Å². The number of methoxy groups -OCH3 is 4. The number of esters is 1. The van der Waals surface area contributed by atoms with Crippen LogP contribution in [-0.4, -0.2) is 45.3 Å². The SMILES string of the molecule is COC(=O)c1cc(OC)ccc1NC(=O)c1sc(-c2ccc(OC)c(OC)c2)nc1C. The smallest absolute Gasteiger partial charge is 0.340 e. The molecule has 0 fully saturated rings. The maximum absolute atomic E-state index is 13.0. The van der Waals surface area contributed by atoms with E-state index in [0.29, 0.717) is 38.5 Å². The first-order chi connectivity index (χ1) is 14.9. The van der Waals surface area contributed by atoms with E-state index in [1.54, 1.807) is 45.4 Å². The molecule has 0 aliphatic heterocycles. The summed E-state index contributed by atoms with van der Waals surface area (Å²) in [5.74, 6) is 0.688. The highest BCUT2D eigenvalue weighted by Crippen LogP contribution is 2.35. The molecule has 8 nitrogen and oxygen atoms in total. The molecule has 0 radical (unpaired) electrons. The Morgan fingerprint density at radius 3 is 2.32 bits per heavy atom. The number of hydrogen-bond donors (Lipinski definition) is 1. The molecule has 1 amide bonds. The number of benzene rings is 2. The third-order valence-electron chi connectivity index (χ3n) is 4.51. The van der Waals surface area contributed by atoms with Crippen LogP contribution in [0.15, 0.2) is 36.4 Å². The zero-order valence-electron chi connectivity index (χ0n) is 17.8. The molecule has 0 spiro atoms. The first-order valence-electron chi connectivity index (χ1n) is 9.19. The molecule has 1 aromatic heterocycles. The van der Waals surface area contributed by atoms with E-state index in [9.17, 15) is 9.59 Å². The molecule has 1 N–H and O–H groups in total. The number of hydrogen-bond acceptors (Lipinski definition) is 8. The number of thiazole rings is 1. The lowest BCUT2D eigenvalue weighted by Gasteiger charge is -2.11. The van der Waals surface area contributed by atoms with Crippen LogP contribution in [0.2, 0.25) is 0 Å². The van der Waals surface area contributed by atoms with Crippen molar-refractivity contribution in [2.24, 2.45) is 0 Å². The maximum Gasteiger partial charge on any atom is 0.340 e. The standard InChI is InChI=1S/C22H22N2O6S/c1-12-19(31-21(23-12)13-6-9-17(28-3)18(10-13)29-4)20(25)24-16-8-7-14(27-2)11-15(16)22(26)30-5/h6-11H,1-5H3,(H,24,25). The molecule has 162 valence electrons. The Kier molecular flexibility index (Phi) is 6.76. The Morgan fingerprint density at radius 2 is 1.68 bits per heavy atom. The number of carbonyl (C=O) groups is 2. The molecule has 0 saturated heterocycles. The third kappa shape index (κ3) is 4.61. The van der Waals surface area contributed by atoms with E-state index in [4.69, 9.17) is 18.9 Å². The fourth-order valence-corrected chi connectivity index (χ4v) is 3.87. The zero-order chi connectivity index (χ0) is 22.5. The van der Waals surface area contributed by atoms with Crippen LogP contribution in [0.25, 0.3) is 10.6 Å². The molecule has 0 unspecified atom stereocenters. The van der Waals surface area contributed by atoms with Gasteiger partial charge in [0.1, 0.15) is 15.6 Å². The van der Waals surface area contributed by atoms with Gasteiger partial charge in [-0.15, -0.1) is 11.3 Å². The van der Waals surface area contributed by atoms with Crippen molar-refractivity contribution >= 4 is 28.9 Å². The van der Waals surface area contributed by atoms with Crippen molar-refractivity contribution in [3.8, 4) is 27.8 Å². The Morgan fingerprint density at radius 1 is 0.935 bits per heavy atom. The molecular weight excluding hydrogens is 420 g/mol. The molecule has 0 bridgehead atoms. The van der Waals surface area contributed by atoms with Gasteiger partial charge in [-0.1, -0.05) is 0 Å². The average molecular weight is 442 g/mol. The number of nitrogens with zero attached hydrogens (tertiary/aromatic N) is 1. The first-order valence-corrected chi connectivity index (χ1v) is 10.0. The minimum absolute atomic E-state index is 0.192. The number of carbonyl (C=O) groups excluding carboxylic acids is 2. The topological polar surface area (TPSA) is 96.0 Å². The molecule has 3 rings (SSSR count). The molecule has 0 aliphatic rings. The summed E-state index contributed by atoms with van der Waals surface area (Å²) in [5.41, 5.74) is 1.88. The van der Waals surface area contributed by atoms with Gasteiger partial charge in [-0.3, -0.25) is 4.79 Å². The van der Waals surface area contributed by atoms with Crippen molar-refractivity contribution in [2.45, 2.75) is 6.92 Å². The second-order valence-corrected chi connectivity index (χ2v) is 7.36.